The van der Waals surface area contributed by atoms with Crippen LogP contribution in [0.5, 0.6) is 0 Å². The lowest BCUT2D eigenvalue weighted by Crippen LogP contribution is -2.41. The number of rotatable bonds is 5. The molecule has 24 heavy (non-hydrogen) atoms. The smallest absolute Gasteiger partial charge is 0.247 e. The second kappa shape index (κ2) is 6.76. The molecule has 1 atom stereocenters. The first-order valence-electron chi connectivity index (χ1n) is 8.18. The van der Waals surface area contributed by atoms with Crippen LogP contribution in [0.15, 0.2) is 17.5 Å². The summed E-state index contributed by atoms with van der Waals surface area (Å²) in [7, 11) is 0. The van der Waals surface area contributed by atoms with Crippen molar-refractivity contribution in [2.75, 3.05) is 5.32 Å². The maximum absolute atomic E-state index is 12.8. The number of carbonyl (C=O) groups is 2. The Kier molecular flexibility index (Phi) is 4.71. The van der Waals surface area contributed by atoms with Gasteiger partial charge < -0.3 is 10.2 Å². The molecule has 1 aliphatic heterocycles. The van der Waals surface area contributed by atoms with Crippen molar-refractivity contribution in [1.82, 2.24) is 14.7 Å². The molecule has 7 heteroatoms. The summed E-state index contributed by atoms with van der Waals surface area (Å²) in [5, 5.41) is 9.40. The van der Waals surface area contributed by atoms with Gasteiger partial charge >= 0.3 is 0 Å². The van der Waals surface area contributed by atoms with Crippen molar-refractivity contribution in [1.29, 1.82) is 0 Å². The summed E-state index contributed by atoms with van der Waals surface area (Å²) < 4.78 is 1.87. The van der Waals surface area contributed by atoms with Crippen molar-refractivity contribution in [3.8, 4) is 0 Å². The average molecular weight is 346 g/mol. The van der Waals surface area contributed by atoms with Gasteiger partial charge in [0.2, 0.25) is 11.8 Å². The molecule has 3 heterocycles. The minimum atomic E-state index is -0.414. The van der Waals surface area contributed by atoms with Crippen molar-refractivity contribution >= 4 is 28.8 Å². The van der Waals surface area contributed by atoms with E-state index in [0.717, 1.165) is 28.5 Å². The third kappa shape index (κ3) is 3.08. The molecule has 1 N–H and O–H groups in total. The molecular formula is C17H22N4O2S. The highest BCUT2D eigenvalue weighted by atomic mass is 32.1. The van der Waals surface area contributed by atoms with Gasteiger partial charge in [-0.2, -0.15) is 5.10 Å². The number of thiophene rings is 1. The van der Waals surface area contributed by atoms with Gasteiger partial charge in [0.05, 0.1) is 23.6 Å². The molecule has 0 aliphatic carbocycles. The van der Waals surface area contributed by atoms with E-state index in [2.05, 4.69) is 10.4 Å². The van der Waals surface area contributed by atoms with Crippen molar-refractivity contribution in [3.05, 3.63) is 33.8 Å². The first-order valence-corrected chi connectivity index (χ1v) is 9.06. The number of hydrogen-bond donors (Lipinski definition) is 1. The molecule has 2 aromatic heterocycles. The summed E-state index contributed by atoms with van der Waals surface area (Å²) in [4.78, 5) is 27.7. The molecule has 0 spiro atoms. The number of nitrogens with zero attached hydrogens (tertiary/aromatic N) is 3. The van der Waals surface area contributed by atoms with Crippen LogP contribution >= 0.6 is 11.3 Å². The van der Waals surface area contributed by atoms with E-state index in [1.165, 1.54) is 0 Å². The van der Waals surface area contributed by atoms with Gasteiger partial charge in [-0.05, 0) is 38.6 Å². The molecule has 1 aliphatic rings. The van der Waals surface area contributed by atoms with Crippen LogP contribution in [0.4, 0.5) is 5.69 Å². The second-order valence-corrected chi connectivity index (χ2v) is 7.04. The Hall–Kier alpha value is -2.15. The highest BCUT2D eigenvalue weighted by Crippen LogP contribution is 2.26. The van der Waals surface area contributed by atoms with E-state index >= 15 is 0 Å². The Morgan fingerprint density at radius 1 is 1.46 bits per heavy atom. The van der Waals surface area contributed by atoms with Gasteiger partial charge in [0, 0.05) is 17.8 Å². The molecule has 2 aromatic rings. The average Bonchev–Trinajstić information content (AvgIpc) is 3.25. The van der Waals surface area contributed by atoms with E-state index in [0.29, 0.717) is 19.4 Å². The zero-order valence-electron chi connectivity index (χ0n) is 14.2. The van der Waals surface area contributed by atoms with Crippen LogP contribution in [0.1, 0.15) is 36.0 Å². The predicted molar refractivity (Wildman–Crippen MR) is 93.9 cm³/mol. The Morgan fingerprint density at radius 3 is 2.88 bits per heavy atom. The highest BCUT2D eigenvalue weighted by molar-refractivity contribution is 7.09. The summed E-state index contributed by atoms with van der Waals surface area (Å²) in [5.74, 6) is -0.0829. The lowest BCUT2D eigenvalue weighted by Gasteiger charge is -2.23. The third-order valence-corrected chi connectivity index (χ3v) is 5.33. The number of carbonyl (C=O) groups excluding carboxylic acids is 2. The quantitative estimate of drug-likeness (QED) is 0.905. The molecule has 2 amide bonds. The van der Waals surface area contributed by atoms with Crippen LogP contribution in [0.2, 0.25) is 0 Å². The standard InChI is InChI=1S/C17H22N4O2S/c1-4-21-12(3)16(11(2)19-21)18-17(23)14-7-8-15(22)20(14)10-13-6-5-9-24-13/h5-6,9,14H,4,7-8,10H2,1-3H3,(H,18,23)/t14-/m1/s1. The number of aryl methyl sites for hydroxylation is 2. The van der Waals surface area contributed by atoms with Crippen molar-refractivity contribution < 1.29 is 9.59 Å². The zero-order chi connectivity index (χ0) is 17.3. The summed E-state index contributed by atoms with van der Waals surface area (Å²) in [5.41, 5.74) is 2.51. The number of hydrogen-bond acceptors (Lipinski definition) is 4. The Labute approximate surface area is 145 Å². The number of nitrogens with one attached hydrogen (secondary N) is 1. The maximum atomic E-state index is 12.8. The number of likely N-dealkylation sites (tertiary alicyclic amines) is 1. The van der Waals surface area contributed by atoms with Gasteiger partial charge in [-0.25, -0.2) is 0 Å². The van der Waals surface area contributed by atoms with Gasteiger partial charge in [0.15, 0.2) is 0 Å². The van der Waals surface area contributed by atoms with Crippen LogP contribution in [-0.4, -0.2) is 32.5 Å². The maximum Gasteiger partial charge on any atom is 0.247 e. The molecule has 0 aromatic carbocycles. The zero-order valence-corrected chi connectivity index (χ0v) is 15.0. The van der Waals surface area contributed by atoms with Crippen LogP contribution in [0.25, 0.3) is 0 Å². The van der Waals surface area contributed by atoms with E-state index in [9.17, 15) is 9.59 Å². The van der Waals surface area contributed by atoms with Crippen LogP contribution in [-0.2, 0) is 22.7 Å². The summed E-state index contributed by atoms with van der Waals surface area (Å²) in [6, 6.07) is 3.54. The fourth-order valence-corrected chi connectivity index (χ4v) is 3.87. The normalized spacial score (nSPS) is 17.5. The Balaban J connectivity index is 1.76. The lowest BCUT2D eigenvalue weighted by atomic mass is 10.2. The molecule has 128 valence electrons. The van der Waals surface area contributed by atoms with Gasteiger partial charge in [-0.1, -0.05) is 6.07 Å². The van der Waals surface area contributed by atoms with Gasteiger partial charge in [-0.15, -0.1) is 11.3 Å². The minimum Gasteiger partial charge on any atom is -0.326 e. The molecule has 0 bridgehead atoms. The molecule has 1 saturated heterocycles. The SMILES string of the molecule is CCn1nc(C)c(NC(=O)[C@H]2CCC(=O)N2Cc2cccs2)c1C. The molecule has 0 radical (unpaired) electrons. The van der Waals surface area contributed by atoms with Crippen LogP contribution < -0.4 is 5.32 Å². The summed E-state index contributed by atoms with van der Waals surface area (Å²) in [6.07, 6.45) is 0.992. The second-order valence-electron chi connectivity index (χ2n) is 6.01. The van der Waals surface area contributed by atoms with Crippen LogP contribution in [0, 0.1) is 13.8 Å². The topological polar surface area (TPSA) is 67.2 Å². The third-order valence-electron chi connectivity index (χ3n) is 4.47. The molecule has 6 nitrogen and oxygen atoms in total. The van der Waals surface area contributed by atoms with Gasteiger partial charge in [-0.3, -0.25) is 14.3 Å². The summed E-state index contributed by atoms with van der Waals surface area (Å²) in [6.45, 7) is 7.11. The first-order chi connectivity index (χ1) is 11.5. The van der Waals surface area contributed by atoms with E-state index in [1.807, 2.05) is 43.0 Å². The van der Waals surface area contributed by atoms with E-state index in [4.69, 9.17) is 0 Å². The fraction of sp³-hybridized carbons (Fsp3) is 0.471. The number of aromatic nitrogens is 2. The molecule has 0 saturated carbocycles. The van der Waals surface area contributed by atoms with Crippen molar-refractivity contribution in [2.45, 2.75) is 52.7 Å². The van der Waals surface area contributed by atoms with Crippen molar-refractivity contribution in [3.63, 3.8) is 0 Å². The predicted octanol–water partition coefficient (Wildman–Crippen LogP) is 2.71. The summed E-state index contributed by atoms with van der Waals surface area (Å²) >= 11 is 1.60. The fourth-order valence-electron chi connectivity index (χ4n) is 3.17. The largest absolute Gasteiger partial charge is 0.326 e. The van der Waals surface area contributed by atoms with E-state index in [1.54, 1.807) is 16.2 Å². The first kappa shape index (κ1) is 16.7. The number of amides is 2. The lowest BCUT2D eigenvalue weighted by molar-refractivity contribution is -0.133. The molecule has 1 fully saturated rings. The van der Waals surface area contributed by atoms with E-state index < -0.39 is 6.04 Å². The van der Waals surface area contributed by atoms with Crippen LogP contribution in [0.3, 0.4) is 0 Å². The number of anilines is 1. The highest BCUT2D eigenvalue weighted by Gasteiger charge is 2.36. The molecular weight excluding hydrogens is 324 g/mol. The minimum absolute atomic E-state index is 0.0428. The molecule has 0 unspecified atom stereocenters. The molecule has 3 rings (SSSR count). The van der Waals surface area contributed by atoms with Gasteiger partial charge in [0.25, 0.3) is 0 Å². The monoisotopic (exact) mass is 346 g/mol. The van der Waals surface area contributed by atoms with E-state index in [-0.39, 0.29) is 11.8 Å². The van der Waals surface area contributed by atoms with Crippen molar-refractivity contribution in [2.24, 2.45) is 0 Å². The Morgan fingerprint density at radius 2 is 2.25 bits per heavy atom. The van der Waals surface area contributed by atoms with Gasteiger partial charge in [0.1, 0.15) is 6.04 Å². The Bertz CT molecular complexity index is 751.